The maximum atomic E-state index is 13.9. The number of nitrogens with zero attached hydrogens (tertiary/aromatic N) is 1. The van der Waals surface area contributed by atoms with Crippen molar-refractivity contribution in [3.63, 3.8) is 0 Å². The van der Waals surface area contributed by atoms with Crippen molar-refractivity contribution in [2.24, 2.45) is 0 Å². The average molecular weight is 298 g/mol. The number of nitrogens with one attached hydrogen (secondary N) is 1. The van der Waals surface area contributed by atoms with Crippen LogP contribution in [0, 0.1) is 11.6 Å². The van der Waals surface area contributed by atoms with Gasteiger partial charge in [-0.05, 0) is 38.9 Å². The molecule has 5 heteroatoms. The molecule has 1 atom stereocenters. The molecular weight excluding hydrogens is 274 g/mol. The van der Waals surface area contributed by atoms with E-state index in [9.17, 15) is 8.78 Å². The predicted octanol–water partition coefficient (Wildman–Crippen LogP) is 2.73. The molecule has 1 aromatic rings. The van der Waals surface area contributed by atoms with E-state index in [4.69, 9.17) is 4.74 Å². The van der Waals surface area contributed by atoms with E-state index >= 15 is 0 Å². The van der Waals surface area contributed by atoms with Crippen LogP contribution in [0.2, 0.25) is 0 Å². The molecule has 0 radical (unpaired) electrons. The van der Waals surface area contributed by atoms with Crippen LogP contribution in [0.25, 0.3) is 0 Å². The van der Waals surface area contributed by atoms with Crippen LogP contribution in [-0.4, -0.2) is 44.8 Å². The van der Waals surface area contributed by atoms with E-state index in [2.05, 4.69) is 10.2 Å². The van der Waals surface area contributed by atoms with Crippen LogP contribution >= 0.6 is 0 Å². The van der Waals surface area contributed by atoms with Gasteiger partial charge in [0.25, 0.3) is 0 Å². The molecule has 1 aliphatic rings. The van der Waals surface area contributed by atoms with Gasteiger partial charge in [0.1, 0.15) is 0 Å². The first-order chi connectivity index (χ1) is 10.2. The lowest BCUT2D eigenvalue weighted by molar-refractivity contribution is 0.0401. The summed E-state index contributed by atoms with van der Waals surface area (Å²) in [6.07, 6.45) is 3.19. The highest BCUT2D eigenvalue weighted by molar-refractivity contribution is 5.22. The summed E-state index contributed by atoms with van der Waals surface area (Å²) < 4.78 is 32.5. The molecule has 1 aromatic carbocycles. The first-order valence-corrected chi connectivity index (χ1v) is 7.52. The Hall–Kier alpha value is -1.04. The topological polar surface area (TPSA) is 24.5 Å². The number of benzene rings is 1. The minimum atomic E-state index is -0.784. The summed E-state index contributed by atoms with van der Waals surface area (Å²) in [6.45, 7) is 2.87. The Morgan fingerprint density at radius 1 is 1.33 bits per heavy atom. The fourth-order valence-corrected chi connectivity index (χ4v) is 2.93. The first-order valence-electron chi connectivity index (χ1n) is 7.52. The van der Waals surface area contributed by atoms with Crippen LogP contribution < -0.4 is 5.32 Å². The van der Waals surface area contributed by atoms with Gasteiger partial charge in [0, 0.05) is 31.8 Å². The highest BCUT2D eigenvalue weighted by atomic mass is 19.2. The van der Waals surface area contributed by atoms with E-state index in [0.717, 1.165) is 45.0 Å². The summed E-state index contributed by atoms with van der Waals surface area (Å²) in [5.74, 6) is -1.52. The van der Waals surface area contributed by atoms with E-state index in [0.29, 0.717) is 11.7 Å². The van der Waals surface area contributed by atoms with Gasteiger partial charge in [0.15, 0.2) is 11.6 Å². The van der Waals surface area contributed by atoms with Gasteiger partial charge in [-0.3, -0.25) is 0 Å². The largest absolute Gasteiger partial charge is 0.381 e. The van der Waals surface area contributed by atoms with Crippen LogP contribution in [0.5, 0.6) is 0 Å². The highest BCUT2D eigenvalue weighted by Gasteiger charge is 2.21. The number of hydrogen-bond donors (Lipinski definition) is 1. The molecule has 21 heavy (non-hydrogen) atoms. The van der Waals surface area contributed by atoms with E-state index < -0.39 is 11.6 Å². The van der Waals surface area contributed by atoms with Crippen molar-refractivity contribution in [1.82, 2.24) is 10.2 Å². The van der Waals surface area contributed by atoms with Crippen molar-refractivity contribution >= 4 is 0 Å². The molecule has 0 amide bonds. The maximum Gasteiger partial charge on any atom is 0.163 e. The van der Waals surface area contributed by atoms with Gasteiger partial charge in [-0.15, -0.1) is 0 Å². The Morgan fingerprint density at radius 2 is 2.05 bits per heavy atom. The lowest BCUT2D eigenvalue weighted by atomic mass is 10.0. The number of ether oxygens (including phenoxy) is 1. The summed E-state index contributed by atoms with van der Waals surface area (Å²) in [7, 11) is 3.54. The molecule has 1 heterocycles. The van der Waals surface area contributed by atoms with Crippen molar-refractivity contribution in [1.29, 1.82) is 0 Å². The Bertz CT molecular complexity index is 448. The minimum absolute atomic E-state index is 0.166. The smallest absolute Gasteiger partial charge is 0.163 e. The standard InChI is InChI=1S/C16H24F2N2O/c1-19-15(13-4-3-5-14(17)16(13)18)8-11-20-9-6-12(21-2)7-10-20/h3-5,12,15,19H,6-11H2,1-2H3. The normalized spacial score (nSPS) is 18.9. The highest BCUT2D eigenvalue weighted by Crippen LogP contribution is 2.23. The van der Waals surface area contributed by atoms with E-state index in [-0.39, 0.29) is 6.04 Å². The van der Waals surface area contributed by atoms with Gasteiger partial charge >= 0.3 is 0 Å². The Balaban J connectivity index is 1.90. The zero-order valence-electron chi connectivity index (χ0n) is 12.7. The van der Waals surface area contributed by atoms with Gasteiger partial charge < -0.3 is 15.0 Å². The molecule has 1 N–H and O–H groups in total. The molecular formula is C16H24F2N2O. The van der Waals surface area contributed by atoms with Gasteiger partial charge in [0.2, 0.25) is 0 Å². The zero-order valence-corrected chi connectivity index (χ0v) is 12.7. The van der Waals surface area contributed by atoms with Crippen LogP contribution in [0.3, 0.4) is 0 Å². The van der Waals surface area contributed by atoms with Crippen LogP contribution in [0.4, 0.5) is 8.78 Å². The third-order valence-electron chi connectivity index (χ3n) is 4.31. The molecule has 1 aliphatic heterocycles. The van der Waals surface area contributed by atoms with Crippen LogP contribution in [0.1, 0.15) is 30.9 Å². The molecule has 0 spiro atoms. The molecule has 0 aromatic heterocycles. The quantitative estimate of drug-likeness (QED) is 0.874. The third-order valence-corrected chi connectivity index (χ3v) is 4.31. The van der Waals surface area contributed by atoms with E-state index in [1.54, 1.807) is 26.3 Å². The van der Waals surface area contributed by atoms with Crippen molar-refractivity contribution < 1.29 is 13.5 Å². The zero-order chi connectivity index (χ0) is 15.2. The Morgan fingerprint density at radius 3 is 2.67 bits per heavy atom. The predicted molar refractivity (Wildman–Crippen MR) is 79.2 cm³/mol. The second-order valence-corrected chi connectivity index (χ2v) is 5.55. The van der Waals surface area contributed by atoms with Crippen molar-refractivity contribution in [3.05, 3.63) is 35.4 Å². The molecule has 0 aliphatic carbocycles. The average Bonchev–Trinajstić information content (AvgIpc) is 2.52. The molecule has 2 rings (SSSR count). The number of hydrogen-bond acceptors (Lipinski definition) is 3. The Labute approximate surface area is 125 Å². The summed E-state index contributed by atoms with van der Waals surface area (Å²) >= 11 is 0. The van der Waals surface area contributed by atoms with Gasteiger partial charge in [-0.2, -0.15) is 0 Å². The fraction of sp³-hybridized carbons (Fsp3) is 0.625. The second-order valence-electron chi connectivity index (χ2n) is 5.55. The first kappa shape index (κ1) is 16.3. The fourth-order valence-electron chi connectivity index (χ4n) is 2.93. The molecule has 0 saturated carbocycles. The monoisotopic (exact) mass is 298 g/mol. The molecule has 118 valence electrons. The number of rotatable bonds is 6. The SMILES string of the molecule is CNC(CCN1CCC(OC)CC1)c1cccc(F)c1F. The van der Waals surface area contributed by atoms with Crippen LogP contribution in [0.15, 0.2) is 18.2 Å². The van der Waals surface area contributed by atoms with E-state index in [1.165, 1.54) is 0 Å². The summed E-state index contributed by atoms with van der Waals surface area (Å²) in [5, 5.41) is 3.09. The molecule has 1 saturated heterocycles. The maximum absolute atomic E-state index is 13.9. The summed E-state index contributed by atoms with van der Waals surface area (Å²) in [4.78, 5) is 2.36. The minimum Gasteiger partial charge on any atom is -0.381 e. The molecule has 3 nitrogen and oxygen atoms in total. The number of halogens is 2. The van der Waals surface area contributed by atoms with E-state index in [1.807, 2.05) is 0 Å². The summed E-state index contributed by atoms with van der Waals surface area (Å²) in [6, 6.07) is 4.20. The Kier molecular flexibility index (Phi) is 6.08. The lowest BCUT2D eigenvalue weighted by Gasteiger charge is -2.32. The lowest BCUT2D eigenvalue weighted by Crippen LogP contribution is -2.38. The molecule has 1 unspecified atom stereocenters. The van der Waals surface area contributed by atoms with Gasteiger partial charge in [-0.1, -0.05) is 12.1 Å². The van der Waals surface area contributed by atoms with Crippen molar-refractivity contribution in [3.8, 4) is 0 Å². The number of likely N-dealkylation sites (tertiary alicyclic amines) is 1. The van der Waals surface area contributed by atoms with Gasteiger partial charge in [0.05, 0.1) is 6.10 Å². The van der Waals surface area contributed by atoms with Crippen LogP contribution in [-0.2, 0) is 4.74 Å². The number of methoxy groups -OCH3 is 1. The number of piperidine rings is 1. The van der Waals surface area contributed by atoms with Crippen molar-refractivity contribution in [2.45, 2.75) is 31.4 Å². The third kappa shape index (κ3) is 4.22. The van der Waals surface area contributed by atoms with Crippen molar-refractivity contribution in [2.75, 3.05) is 33.8 Å². The second kappa shape index (κ2) is 7.82. The summed E-state index contributed by atoms with van der Waals surface area (Å²) in [5.41, 5.74) is 0.407. The molecule has 1 fully saturated rings. The molecule has 0 bridgehead atoms. The van der Waals surface area contributed by atoms with Gasteiger partial charge in [-0.25, -0.2) is 8.78 Å².